The molecule has 0 saturated carbocycles. The number of hydrogen-bond acceptors (Lipinski definition) is 5. The Bertz CT molecular complexity index is 563. The second kappa shape index (κ2) is 7.02. The summed E-state index contributed by atoms with van der Waals surface area (Å²) in [4.78, 5) is 12.6. The molecule has 0 aliphatic heterocycles. The van der Waals surface area contributed by atoms with E-state index in [1.807, 2.05) is 23.7 Å². The van der Waals surface area contributed by atoms with Crippen molar-refractivity contribution in [1.82, 2.24) is 15.1 Å². The second-order valence-corrected chi connectivity index (χ2v) is 5.22. The molecular formula is C14H17N3O2S. The Balaban J connectivity index is 2.00. The van der Waals surface area contributed by atoms with Crippen molar-refractivity contribution in [3.8, 4) is 0 Å². The lowest BCUT2D eigenvalue weighted by Gasteiger charge is -2.15. The highest BCUT2D eigenvalue weighted by Gasteiger charge is 2.17. The standard InChI is InChI=1S/C14H17N3O2S/c1-3-17-10-11(9-16-17)8-15-12(7-14(18)19-2)13-5-4-6-20-13/h3-6,9-10,12,15H,1,7-8H2,2H3. The Hall–Kier alpha value is -1.92. The van der Waals surface area contributed by atoms with Crippen LogP contribution in [-0.4, -0.2) is 22.9 Å². The van der Waals surface area contributed by atoms with Gasteiger partial charge in [0, 0.05) is 29.4 Å². The van der Waals surface area contributed by atoms with E-state index in [2.05, 4.69) is 17.0 Å². The minimum Gasteiger partial charge on any atom is -0.469 e. The summed E-state index contributed by atoms with van der Waals surface area (Å²) in [6.45, 7) is 4.28. The van der Waals surface area contributed by atoms with Crippen molar-refractivity contribution in [1.29, 1.82) is 0 Å². The molecule has 2 rings (SSSR count). The van der Waals surface area contributed by atoms with Gasteiger partial charge >= 0.3 is 5.97 Å². The maximum atomic E-state index is 11.5. The molecule has 5 nitrogen and oxygen atoms in total. The Morgan fingerprint density at radius 2 is 2.55 bits per heavy atom. The molecule has 0 saturated heterocycles. The first-order valence-electron chi connectivity index (χ1n) is 6.22. The third-order valence-electron chi connectivity index (χ3n) is 2.88. The quantitative estimate of drug-likeness (QED) is 0.796. The molecule has 6 heteroatoms. The van der Waals surface area contributed by atoms with Crippen molar-refractivity contribution in [2.45, 2.75) is 19.0 Å². The van der Waals surface area contributed by atoms with Gasteiger partial charge < -0.3 is 10.1 Å². The summed E-state index contributed by atoms with van der Waals surface area (Å²) in [6.07, 6.45) is 5.61. The Morgan fingerprint density at radius 1 is 1.70 bits per heavy atom. The lowest BCUT2D eigenvalue weighted by molar-refractivity contribution is -0.141. The van der Waals surface area contributed by atoms with E-state index in [0.717, 1.165) is 10.4 Å². The maximum absolute atomic E-state index is 11.5. The van der Waals surface area contributed by atoms with Gasteiger partial charge in [0.1, 0.15) is 0 Å². The average molecular weight is 291 g/mol. The van der Waals surface area contributed by atoms with Crippen LogP contribution in [0.2, 0.25) is 0 Å². The molecule has 1 atom stereocenters. The van der Waals surface area contributed by atoms with Gasteiger partial charge in [-0.1, -0.05) is 12.6 Å². The minimum absolute atomic E-state index is 0.0467. The molecule has 0 aliphatic carbocycles. The number of ether oxygens (including phenoxy) is 1. The lowest BCUT2D eigenvalue weighted by atomic mass is 10.1. The molecular weight excluding hydrogens is 274 g/mol. The van der Waals surface area contributed by atoms with E-state index in [0.29, 0.717) is 13.0 Å². The normalized spacial score (nSPS) is 12.1. The molecule has 0 aromatic carbocycles. The van der Waals surface area contributed by atoms with Crippen molar-refractivity contribution >= 4 is 23.5 Å². The summed E-state index contributed by atoms with van der Waals surface area (Å²) >= 11 is 1.62. The third-order valence-corrected chi connectivity index (χ3v) is 3.87. The van der Waals surface area contributed by atoms with Gasteiger partial charge in [-0.2, -0.15) is 5.10 Å². The number of carbonyl (C=O) groups is 1. The van der Waals surface area contributed by atoms with E-state index in [4.69, 9.17) is 4.74 Å². The zero-order chi connectivity index (χ0) is 14.4. The van der Waals surface area contributed by atoms with E-state index in [9.17, 15) is 4.79 Å². The predicted octanol–water partition coefficient (Wildman–Crippen LogP) is 2.44. The van der Waals surface area contributed by atoms with Gasteiger partial charge in [-0.15, -0.1) is 11.3 Å². The first kappa shape index (κ1) is 14.5. The molecule has 0 radical (unpaired) electrons. The van der Waals surface area contributed by atoms with Gasteiger partial charge in [-0.05, 0) is 11.4 Å². The van der Waals surface area contributed by atoms with E-state index < -0.39 is 0 Å². The zero-order valence-electron chi connectivity index (χ0n) is 11.3. The van der Waals surface area contributed by atoms with Crippen LogP contribution in [0, 0.1) is 0 Å². The summed E-state index contributed by atoms with van der Waals surface area (Å²) in [7, 11) is 1.40. The van der Waals surface area contributed by atoms with Crippen molar-refractivity contribution in [3.05, 3.63) is 46.9 Å². The van der Waals surface area contributed by atoms with Crippen LogP contribution in [0.3, 0.4) is 0 Å². The lowest BCUT2D eigenvalue weighted by Crippen LogP contribution is -2.23. The summed E-state index contributed by atoms with van der Waals surface area (Å²) in [5.74, 6) is -0.224. The zero-order valence-corrected chi connectivity index (χ0v) is 12.1. The monoisotopic (exact) mass is 291 g/mol. The molecule has 0 fully saturated rings. The predicted molar refractivity (Wildman–Crippen MR) is 79.1 cm³/mol. The van der Waals surface area contributed by atoms with Crippen LogP contribution in [0.4, 0.5) is 0 Å². The van der Waals surface area contributed by atoms with Crippen LogP contribution < -0.4 is 5.32 Å². The summed E-state index contributed by atoms with van der Waals surface area (Å²) in [5.41, 5.74) is 1.04. The molecule has 2 heterocycles. The fourth-order valence-corrected chi connectivity index (χ4v) is 2.62. The number of rotatable bonds is 7. The Morgan fingerprint density at radius 3 is 3.15 bits per heavy atom. The van der Waals surface area contributed by atoms with Gasteiger partial charge in [-0.25, -0.2) is 4.68 Å². The Kier molecular flexibility index (Phi) is 5.09. The SMILES string of the molecule is C=Cn1cc(CNC(CC(=O)OC)c2cccs2)cn1. The molecule has 0 bridgehead atoms. The van der Waals surface area contributed by atoms with Crippen molar-refractivity contribution in [2.24, 2.45) is 0 Å². The number of hydrogen-bond donors (Lipinski definition) is 1. The second-order valence-electron chi connectivity index (χ2n) is 4.24. The van der Waals surface area contributed by atoms with Gasteiger partial charge in [0.2, 0.25) is 0 Å². The van der Waals surface area contributed by atoms with E-state index in [1.165, 1.54) is 7.11 Å². The number of aromatic nitrogens is 2. The number of nitrogens with zero attached hydrogens (tertiary/aromatic N) is 2. The van der Waals surface area contributed by atoms with Gasteiger partial charge in [0.25, 0.3) is 0 Å². The van der Waals surface area contributed by atoms with Crippen molar-refractivity contribution < 1.29 is 9.53 Å². The highest BCUT2D eigenvalue weighted by atomic mass is 32.1. The van der Waals surface area contributed by atoms with E-state index >= 15 is 0 Å². The van der Waals surface area contributed by atoms with Crippen LogP contribution in [0.1, 0.15) is 22.9 Å². The minimum atomic E-state index is -0.224. The molecule has 0 amide bonds. The molecule has 0 aliphatic rings. The molecule has 2 aromatic heterocycles. The van der Waals surface area contributed by atoms with Gasteiger partial charge in [0.15, 0.2) is 0 Å². The van der Waals surface area contributed by atoms with Crippen LogP contribution >= 0.6 is 11.3 Å². The highest BCUT2D eigenvalue weighted by Crippen LogP contribution is 2.22. The van der Waals surface area contributed by atoms with Crippen LogP contribution in [-0.2, 0) is 16.1 Å². The maximum Gasteiger partial charge on any atom is 0.307 e. The molecule has 106 valence electrons. The number of nitrogens with one attached hydrogen (secondary N) is 1. The number of carbonyl (C=O) groups excluding carboxylic acids is 1. The highest BCUT2D eigenvalue weighted by molar-refractivity contribution is 7.10. The molecule has 2 aromatic rings. The smallest absolute Gasteiger partial charge is 0.307 e. The first-order valence-corrected chi connectivity index (χ1v) is 7.10. The van der Waals surface area contributed by atoms with E-state index in [-0.39, 0.29) is 12.0 Å². The average Bonchev–Trinajstić information content (AvgIpc) is 3.13. The molecule has 0 spiro atoms. The molecule has 1 unspecified atom stereocenters. The van der Waals surface area contributed by atoms with Crippen molar-refractivity contribution in [2.75, 3.05) is 7.11 Å². The van der Waals surface area contributed by atoms with Crippen LogP contribution in [0.5, 0.6) is 0 Å². The largest absolute Gasteiger partial charge is 0.469 e. The number of thiophene rings is 1. The first-order chi connectivity index (χ1) is 9.72. The Labute approximate surface area is 121 Å². The molecule has 1 N–H and O–H groups in total. The number of methoxy groups -OCH3 is 1. The fourth-order valence-electron chi connectivity index (χ4n) is 1.82. The fraction of sp³-hybridized carbons (Fsp3) is 0.286. The van der Waals surface area contributed by atoms with Gasteiger partial charge in [0.05, 0.1) is 25.8 Å². The van der Waals surface area contributed by atoms with Gasteiger partial charge in [-0.3, -0.25) is 4.79 Å². The summed E-state index contributed by atoms with van der Waals surface area (Å²) in [5, 5.41) is 9.48. The summed E-state index contributed by atoms with van der Waals surface area (Å²) in [6, 6.07) is 3.94. The van der Waals surface area contributed by atoms with Crippen LogP contribution in [0.15, 0.2) is 36.5 Å². The van der Waals surface area contributed by atoms with E-state index in [1.54, 1.807) is 28.4 Å². The number of esters is 1. The summed E-state index contributed by atoms with van der Waals surface area (Å²) < 4.78 is 6.40. The topological polar surface area (TPSA) is 56.2 Å². The molecule has 20 heavy (non-hydrogen) atoms. The third kappa shape index (κ3) is 3.79. The van der Waals surface area contributed by atoms with Crippen LogP contribution in [0.25, 0.3) is 6.20 Å². The van der Waals surface area contributed by atoms with Crippen molar-refractivity contribution in [3.63, 3.8) is 0 Å².